The molecule has 3 saturated heterocycles. The lowest BCUT2D eigenvalue weighted by Gasteiger charge is -2.37. The van der Waals surface area contributed by atoms with E-state index in [0.717, 1.165) is 48.1 Å². The van der Waals surface area contributed by atoms with Gasteiger partial charge in [0.05, 0.1) is 29.4 Å². The van der Waals surface area contributed by atoms with Gasteiger partial charge in [-0.1, -0.05) is 19.1 Å². The standard InChI is InChI=1S/C44H47F2N11O6S/c1-3-54(2)64(62,63)53-36-10-9-35(45)39(40(36)46)41(60)34-25-49-42-33(34)20-30(22-48-42)31-23-50-44(51-24-31)57-18-16-56(17-19-57)38(59)26-55-14-12-28(13-15-55)27-4-7-32(8-5-27)47-21-29-6-11-37(58)52-43(29)61/h4-5,7-10,20-25,28-29,53H,3,6,11-19,26H2,1-2H3,(H,48,49)(H,52,58,61)/b47-21-. The summed E-state index contributed by atoms with van der Waals surface area (Å²) in [5.41, 5.74) is 1.84. The monoisotopic (exact) mass is 895 g/mol. The van der Waals surface area contributed by atoms with E-state index in [4.69, 9.17) is 0 Å². The third-order valence-corrected chi connectivity index (χ3v) is 13.6. The molecule has 8 rings (SSSR count). The van der Waals surface area contributed by atoms with E-state index in [0.29, 0.717) is 74.2 Å². The van der Waals surface area contributed by atoms with E-state index >= 15 is 8.78 Å². The fourth-order valence-corrected chi connectivity index (χ4v) is 9.01. The second-order valence-electron chi connectivity index (χ2n) is 16.1. The van der Waals surface area contributed by atoms with Gasteiger partial charge in [0, 0.05) is 99.3 Å². The van der Waals surface area contributed by atoms with Crippen molar-refractivity contribution < 1.29 is 36.4 Å². The van der Waals surface area contributed by atoms with Crippen molar-refractivity contribution in [2.24, 2.45) is 10.9 Å². The minimum Gasteiger partial charge on any atom is -0.345 e. The van der Waals surface area contributed by atoms with Crippen LogP contribution in [0, 0.1) is 17.6 Å². The Kier molecular flexibility index (Phi) is 12.9. The lowest BCUT2D eigenvalue weighted by atomic mass is 9.89. The number of benzene rings is 2. The summed E-state index contributed by atoms with van der Waals surface area (Å²) in [6.07, 6.45) is 10.3. The summed E-state index contributed by atoms with van der Waals surface area (Å²) in [7, 11) is -2.86. The highest BCUT2D eigenvalue weighted by molar-refractivity contribution is 7.90. The molecule has 1 unspecified atom stereocenters. The molecule has 0 bridgehead atoms. The molecular formula is C44H47F2N11O6S. The molecule has 0 spiro atoms. The number of likely N-dealkylation sites (tertiary alicyclic amines) is 1. The highest BCUT2D eigenvalue weighted by Gasteiger charge is 2.30. The van der Waals surface area contributed by atoms with Gasteiger partial charge in [0.1, 0.15) is 11.5 Å². The van der Waals surface area contributed by atoms with E-state index in [1.807, 2.05) is 21.9 Å². The molecule has 0 aliphatic carbocycles. The predicted molar refractivity (Wildman–Crippen MR) is 235 cm³/mol. The van der Waals surface area contributed by atoms with Crippen LogP contribution in [-0.4, -0.2) is 132 Å². The maximum absolute atomic E-state index is 15.6. The summed E-state index contributed by atoms with van der Waals surface area (Å²) in [6, 6.07) is 11.4. The molecule has 3 amide bonds. The van der Waals surface area contributed by atoms with Gasteiger partial charge in [-0.05, 0) is 74.2 Å². The topological polar surface area (TPSA) is 206 Å². The summed E-state index contributed by atoms with van der Waals surface area (Å²) in [5.74, 6) is -3.52. The number of imide groups is 1. The van der Waals surface area contributed by atoms with Crippen molar-refractivity contribution in [3.63, 3.8) is 0 Å². The first-order valence-corrected chi connectivity index (χ1v) is 22.5. The van der Waals surface area contributed by atoms with E-state index in [2.05, 4.69) is 52.0 Å². The maximum atomic E-state index is 15.6. The number of aromatic amines is 1. The van der Waals surface area contributed by atoms with Crippen molar-refractivity contribution in [3.8, 4) is 11.1 Å². The number of nitrogens with one attached hydrogen (secondary N) is 3. The van der Waals surface area contributed by atoms with Crippen LogP contribution in [0.1, 0.15) is 60.0 Å². The number of anilines is 2. The van der Waals surface area contributed by atoms with Crippen molar-refractivity contribution in [3.05, 3.63) is 95.6 Å². The SMILES string of the molecule is CCN(C)S(=O)(=O)Nc1ccc(F)c(C(=O)c2c[nH]c3ncc(-c4cnc(N5CCN(C(=O)CN6CCC(c7ccc(/N=C\C8CCC(=O)NC8=O)cc7)CC6)CC5)nc4)cc23)c1F. The summed E-state index contributed by atoms with van der Waals surface area (Å²) >= 11 is 0. The molecule has 6 heterocycles. The number of pyridine rings is 1. The highest BCUT2D eigenvalue weighted by atomic mass is 32.2. The summed E-state index contributed by atoms with van der Waals surface area (Å²) in [4.78, 5) is 77.3. The Morgan fingerprint density at radius 3 is 2.33 bits per heavy atom. The van der Waals surface area contributed by atoms with Gasteiger partial charge in [-0.15, -0.1) is 0 Å². The lowest BCUT2D eigenvalue weighted by Crippen LogP contribution is -2.52. The molecule has 3 aliphatic rings. The number of nitrogens with zero attached hydrogens (tertiary/aromatic N) is 8. The molecule has 1 atom stereocenters. The normalized spacial score (nSPS) is 18.0. The molecule has 3 fully saturated rings. The molecular weight excluding hydrogens is 849 g/mol. The maximum Gasteiger partial charge on any atom is 0.301 e. The Labute approximate surface area is 368 Å². The number of ketones is 1. The fraction of sp³-hybridized carbons (Fsp3) is 0.364. The van der Waals surface area contributed by atoms with Crippen LogP contribution in [0.3, 0.4) is 0 Å². The van der Waals surface area contributed by atoms with Gasteiger partial charge in [-0.25, -0.2) is 23.7 Å². The molecule has 3 N–H and O–H groups in total. The van der Waals surface area contributed by atoms with E-state index in [-0.39, 0.29) is 35.2 Å². The Morgan fingerprint density at radius 1 is 0.938 bits per heavy atom. The zero-order valence-electron chi connectivity index (χ0n) is 35.3. The number of halogens is 2. The van der Waals surface area contributed by atoms with Gasteiger partial charge in [-0.3, -0.25) is 39.1 Å². The van der Waals surface area contributed by atoms with Crippen LogP contribution in [0.15, 0.2) is 72.2 Å². The number of rotatable bonds is 13. The van der Waals surface area contributed by atoms with Crippen molar-refractivity contribution in [2.45, 2.75) is 38.5 Å². The first-order chi connectivity index (χ1) is 30.8. The van der Waals surface area contributed by atoms with Gasteiger partial charge >= 0.3 is 10.2 Å². The zero-order chi connectivity index (χ0) is 45.1. The summed E-state index contributed by atoms with van der Waals surface area (Å²) in [6.45, 7) is 5.81. The predicted octanol–water partition coefficient (Wildman–Crippen LogP) is 4.42. The highest BCUT2D eigenvalue weighted by Crippen LogP contribution is 2.32. The van der Waals surface area contributed by atoms with Crippen LogP contribution in [0.5, 0.6) is 0 Å². The molecule has 3 aliphatic heterocycles. The Hall–Kier alpha value is -6.51. The van der Waals surface area contributed by atoms with Gasteiger partial charge in [0.15, 0.2) is 5.82 Å². The first kappa shape index (κ1) is 44.1. The summed E-state index contributed by atoms with van der Waals surface area (Å²) in [5, 5.41) is 2.63. The number of H-pyrrole nitrogens is 1. The van der Waals surface area contributed by atoms with Crippen molar-refractivity contribution in [2.75, 3.05) is 69.0 Å². The Morgan fingerprint density at radius 2 is 1.64 bits per heavy atom. The van der Waals surface area contributed by atoms with Gasteiger partial charge in [-0.2, -0.15) is 12.7 Å². The van der Waals surface area contributed by atoms with Crippen molar-refractivity contribution >= 4 is 68.3 Å². The van der Waals surface area contributed by atoms with Crippen LogP contribution < -0.4 is 14.9 Å². The zero-order valence-corrected chi connectivity index (χ0v) is 36.1. The van der Waals surface area contributed by atoms with Gasteiger partial charge < -0.3 is 14.8 Å². The number of fused-ring (bicyclic) bond motifs is 1. The van der Waals surface area contributed by atoms with Crippen LogP contribution in [0.25, 0.3) is 22.2 Å². The number of hydrogen-bond donors (Lipinski definition) is 3. The van der Waals surface area contributed by atoms with Crippen LogP contribution in [-0.2, 0) is 24.6 Å². The Balaban J connectivity index is 0.830. The van der Waals surface area contributed by atoms with Crippen LogP contribution >= 0.6 is 0 Å². The van der Waals surface area contributed by atoms with Crippen LogP contribution in [0.4, 0.5) is 26.1 Å². The number of carbonyl (C=O) groups excluding carboxylic acids is 4. The van der Waals surface area contributed by atoms with E-state index in [1.54, 1.807) is 37.8 Å². The van der Waals surface area contributed by atoms with Crippen molar-refractivity contribution in [1.82, 2.24) is 39.4 Å². The second-order valence-corrected chi connectivity index (χ2v) is 17.9. The second kappa shape index (κ2) is 18.7. The number of aromatic nitrogens is 4. The summed E-state index contributed by atoms with van der Waals surface area (Å²) < 4.78 is 58.7. The third kappa shape index (κ3) is 9.53. The number of amides is 3. The number of hydrogen-bond acceptors (Lipinski definition) is 12. The Bertz CT molecular complexity index is 2720. The molecule has 334 valence electrons. The molecule has 20 heteroatoms. The molecule has 5 aromatic rings. The number of piperazine rings is 1. The number of piperidine rings is 2. The lowest BCUT2D eigenvalue weighted by molar-refractivity contribution is -0.135. The molecule has 17 nitrogen and oxygen atoms in total. The van der Waals surface area contributed by atoms with Crippen molar-refractivity contribution in [1.29, 1.82) is 0 Å². The molecule has 0 radical (unpaired) electrons. The minimum atomic E-state index is -4.15. The average molecular weight is 896 g/mol. The molecule has 2 aromatic carbocycles. The molecule has 64 heavy (non-hydrogen) atoms. The average Bonchev–Trinajstić information content (AvgIpc) is 3.73. The number of aliphatic imine (C=N–C) groups is 1. The van der Waals surface area contributed by atoms with E-state index in [1.165, 1.54) is 18.8 Å². The number of carbonyl (C=O) groups is 4. The largest absolute Gasteiger partial charge is 0.345 e. The van der Waals surface area contributed by atoms with E-state index < -0.39 is 44.8 Å². The smallest absolute Gasteiger partial charge is 0.301 e. The molecule has 0 saturated carbocycles. The van der Waals surface area contributed by atoms with Gasteiger partial charge in [0.2, 0.25) is 29.5 Å². The minimum absolute atomic E-state index is 0.0676. The molecule has 3 aromatic heterocycles. The van der Waals surface area contributed by atoms with Crippen LogP contribution in [0.2, 0.25) is 0 Å². The van der Waals surface area contributed by atoms with Gasteiger partial charge in [0.25, 0.3) is 0 Å². The van der Waals surface area contributed by atoms with E-state index in [9.17, 15) is 27.6 Å². The fourth-order valence-electron chi connectivity index (χ4n) is 8.08. The first-order valence-electron chi connectivity index (χ1n) is 21.1. The third-order valence-electron chi connectivity index (χ3n) is 12.1. The quantitative estimate of drug-likeness (QED) is 0.0857.